The van der Waals surface area contributed by atoms with Gasteiger partial charge in [0.05, 0.1) is 27.3 Å². The molecule has 1 aliphatic rings. The third-order valence-corrected chi connectivity index (χ3v) is 8.35. The predicted octanol–water partition coefficient (Wildman–Crippen LogP) is 3.43. The van der Waals surface area contributed by atoms with E-state index in [1.807, 2.05) is 0 Å². The molecule has 0 fully saturated rings. The van der Waals surface area contributed by atoms with Crippen LogP contribution in [0.1, 0.15) is 40.4 Å². The van der Waals surface area contributed by atoms with E-state index in [0.29, 0.717) is 6.42 Å². The van der Waals surface area contributed by atoms with Gasteiger partial charge in [-0.3, -0.25) is 9.59 Å². The molecule has 34 heavy (non-hydrogen) atoms. The smallest absolute Gasteiger partial charge is 0.304 e. The van der Waals surface area contributed by atoms with Gasteiger partial charge >= 0.3 is 5.97 Å². The van der Waals surface area contributed by atoms with Crippen LogP contribution in [0.3, 0.4) is 0 Å². The molecule has 12 heteroatoms. The molecule has 4 rings (SSSR count). The van der Waals surface area contributed by atoms with Crippen LogP contribution < -0.4 is 0 Å². The van der Waals surface area contributed by atoms with Crippen molar-refractivity contribution < 1.29 is 35.9 Å². The summed E-state index contributed by atoms with van der Waals surface area (Å²) in [7, 11) is -7.95. The van der Waals surface area contributed by atoms with Crippen molar-refractivity contribution in [2.75, 3.05) is 12.5 Å². The van der Waals surface area contributed by atoms with E-state index in [0.717, 1.165) is 30.7 Å². The Labute approximate surface area is 199 Å². The van der Waals surface area contributed by atoms with Gasteiger partial charge in [-0.2, -0.15) is 0 Å². The van der Waals surface area contributed by atoms with Crippen LogP contribution in [0.5, 0.6) is 0 Å². The summed E-state index contributed by atoms with van der Waals surface area (Å²) >= 11 is 5.96. The minimum atomic E-state index is -4.02. The number of halogens is 2. The lowest BCUT2D eigenvalue weighted by atomic mass is 9.92. The second kappa shape index (κ2) is 8.17. The maximum Gasteiger partial charge on any atom is 0.304 e. The van der Waals surface area contributed by atoms with Crippen LogP contribution in [0.15, 0.2) is 40.1 Å². The molecule has 1 aromatic heterocycles. The highest BCUT2D eigenvalue weighted by molar-refractivity contribution is 7.91. The summed E-state index contributed by atoms with van der Waals surface area (Å²) in [6, 6.07) is 5.56. The van der Waals surface area contributed by atoms with Gasteiger partial charge in [-0.25, -0.2) is 21.2 Å². The molecule has 0 aliphatic carbocycles. The van der Waals surface area contributed by atoms with Crippen molar-refractivity contribution in [1.82, 2.24) is 4.57 Å². The van der Waals surface area contributed by atoms with Crippen molar-refractivity contribution in [3.63, 3.8) is 0 Å². The highest BCUT2D eigenvalue weighted by atomic mass is 35.5. The number of aliphatic carboxylic acids is 1. The van der Waals surface area contributed by atoms with E-state index in [1.54, 1.807) is 4.57 Å². The van der Waals surface area contributed by atoms with Crippen LogP contribution in [0, 0.1) is 5.82 Å². The standard InChI is InChI=1S/C22H19ClFNO7S2/c1-33(29,30)16-8-12(23)3-4-14(16)22(28)20-19-15(9-13(24)10-17(19)34(2,31)32)25-6-5-11(21(20)25)7-18(26)27/h3-4,8-11H,5-7H2,1-2H3,(H,26,27). The van der Waals surface area contributed by atoms with Gasteiger partial charge in [0, 0.05) is 46.6 Å². The zero-order chi connectivity index (χ0) is 25.2. The number of sulfone groups is 2. The first-order chi connectivity index (χ1) is 15.7. The minimum absolute atomic E-state index is 0.0617. The van der Waals surface area contributed by atoms with Gasteiger partial charge < -0.3 is 9.67 Å². The normalized spacial score (nSPS) is 16.1. The van der Waals surface area contributed by atoms with Crippen molar-refractivity contribution in [1.29, 1.82) is 0 Å². The Kier molecular flexibility index (Phi) is 5.86. The van der Waals surface area contributed by atoms with Gasteiger partial charge in [-0.05, 0) is 36.8 Å². The summed E-state index contributed by atoms with van der Waals surface area (Å²) in [5, 5.41) is 9.40. The molecule has 180 valence electrons. The average Bonchev–Trinajstić information content (AvgIpc) is 3.23. The number of carbonyl (C=O) groups is 2. The number of carboxylic acid groups (broad SMARTS) is 1. The fraction of sp³-hybridized carbons (Fsp3) is 0.273. The number of aryl methyl sites for hydroxylation is 1. The van der Waals surface area contributed by atoms with E-state index in [1.165, 1.54) is 12.1 Å². The highest BCUT2D eigenvalue weighted by Crippen LogP contribution is 2.44. The monoisotopic (exact) mass is 527 g/mol. The minimum Gasteiger partial charge on any atom is -0.481 e. The third kappa shape index (κ3) is 4.12. The van der Waals surface area contributed by atoms with Crippen LogP contribution in [-0.2, 0) is 31.0 Å². The second-order valence-corrected chi connectivity index (χ2v) is 12.7. The molecule has 0 amide bonds. The molecule has 1 N–H and O–H groups in total. The van der Waals surface area contributed by atoms with Crippen molar-refractivity contribution in [3.05, 3.63) is 58.0 Å². The summed E-state index contributed by atoms with van der Waals surface area (Å²) in [6.45, 7) is 0.239. The number of hydrogen-bond donors (Lipinski definition) is 1. The van der Waals surface area contributed by atoms with E-state index in [9.17, 15) is 35.9 Å². The van der Waals surface area contributed by atoms with Crippen molar-refractivity contribution in [2.24, 2.45) is 0 Å². The number of carbonyl (C=O) groups excluding carboxylic acids is 1. The highest BCUT2D eigenvalue weighted by Gasteiger charge is 2.37. The van der Waals surface area contributed by atoms with Gasteiger partial charge in [0.1, 0.15) is 5.82 Å². The van der Waals surface area contributed by atoms with Crippen LogP contribution in [0.25, 0.3) is 10.9 Å². The maximum atomic E-state index is 14.5. The summed E-state index contributed by atoms with van der Waals surface area (Å²) in [4.78, 5) is 24.6. The number of aromatic nitrogens is 1. The fourth-order valence-corrected chi connectivity index (χ4v) is 6.61. The Morgan fingerprint density at radius 1 is 1.09 bits per heavy atom. The van der Waals surface area contributed by atoms with Gasteiger partial charge in [-0.15, -0.1) is 0 Å². The molecule has 0 spiro atoms. The number of hydrogen-bond acceptors (Lipinski definition) is 6. The quantitative estimate of drug-likeness (QED) is 0.486. The van der Waals surface area contributed by atoms with Gasteiger partial charge in [0.2, 0.25) is 0 Å². The lowest BCUT2D eigenvalue weighted by Gasteiger charge is -2.13. The zero-order valence-corrected chi connectivity index (χ0v) is 20.4. The molecule has 1 atom stereocenters. The first kappa shape index (κ1) is 24.4. The van der Waals surface area contributed by atoms with E-state index in [4.69, 9.17) is 11.6 Å². The molecule has 0 bridgehead atoms. The Hall–Kier alpha value is -2.76. The van der Waals surface area contributed by atoms with Gasteiger partial charge in [0.15, 0.2) is 25.5 Å². The van der Waals surface area contributed by atoms with Crippen LogP contribution in [0.2, 0.25) is 5.02 Å². The Bertz CT molecular complexity index is 1610. The number of rotatable bonds is 6. The summed E-state index contributed by atoms with van der Waals surface area (Å²) in [5.41, 5.74) is -0.0211. The third-order valence-electron chi connectivity index (χ3n) is 5.86. The van der Waals surface area contributed by atoms with E-state index >= 15 is 0 Å². The van der Waals surface area contributed by atoms with Crippen LogP contribution in [-0.4, -0.2) is 50.8 Å². The number of fused-ring (bicyclic) bond motifs is 3. The molecule has 3 aromatic rings. The first-order valence-electron chi connectivity index (χ1n) is 10.0. The fourth-order valence-electron chi connectivity index (χ4n) is 4.57. The Morgan fingerprint density at radius 3 is 2.32 bits per heavy atom. The van der Waals surface area contributed by atoms with Crippen molar-refractivity contribution in [3.8, 4) is 0 Å². The zero-order valence-electron chi connectivity index (χ0n) is 18.0. The maximum absolute atomic E-state index is 14.5. The molecule has 1 aliphatic heterocycles. The van der Waals surface area contributed by atoms with Gasteiger partial charge in [-0.1, -0.05) is 11.6 Å². The largest absolute Gasteiger partial charge is 0.481 e. The molecule has 1 unspecified atom stereocenters. The molecule has 2 heterocycles. The van der Waals surface area contributed by atoms with Crippen molar-refractivity contribution in [2.45, 2.75) is 35.1 Å². The topological polar surface area (TPSA) is 128 Å². The van der Waals surface area contributed by atoms with E-state index in [-0.39, 0.29) is 50.6 Å². The number of nitrogens with zero attached hydrogens (tertiary/aromatic N) is 1. The SMILES string of the molecule is CS(=O)(=O)c1cc(Cl)ccc1C(=O)c1c2n(c3cc(F)cc(S(C)(=O)=O)c13)CCC2CC(=O)O. The number of ketones is 1. The van der Waals surface area contributed by atoms with Crippen LogP contribution >= 0.6 is 11.6 Å². The van der Waals surface area contributed by atoms with Crippen LogP contribution in [0.4, 0.5) is 4.39 Å². The molecule has 8 nitrogen and oxygen atoms in total. The number of carboxylic acids is 1. The van der Waals surface area contributed by atoms with Gasteiger partial charge in [0.25, 0.3) is 0 Å². The summed E-state index contributed by atoms with van der Waals surface area (Å²) in [6.07, 6.45) is 1.77. The molecule has 2 aromatic carbocycles. The number of benzene rings is 2. The van der Waals surface area contributed by atoms with Crippen molar-refractivity contribution >= 4 is 53.9 Å². The molecular formula is C22H19ClFNO7S2. The Morgan fingerprint density at radius 2 is 1.74 bits per heavy atom. The Balaban J connectivity index is 2.15. The van der Waals surface area contributed by atoms with E-state index < -0.39 is 48.1 Å². The molecule has 0 saturated heterocycles. The molecule has 0 radical (unpaired) electrons. The molecule has 0 saturated carbocycles. The lowest BCUT2D eigenvalue weighted by molar-refractivity contribution is -0.137. The first-order valence-corrected chi connectivity index (χ1v) is 14.2. The molecular weight excluding hydrogens is 509 g/mol. The van der Waals surface area contributed by atoms with E-state index in [2.05, 4.69) is 0 Å². The predicted molar refractivity (Wildman–Crippen MR) is 123 cm³/mol. The second-order valence-electron chi connectivity index (χ2n) is 8.31. The summed E-state index contributed by atoms with van der Waals surface area (Å²) in [5.74, 6) is -3.44. The summed E-state index contributed by atoms with van der Waals surface area (Å²) < 4.78 is 66.0. The average molecular weight is 528 g/mol. The lowest BCUT2D eigenvalue weighted by Crippen LogP contribution is -2.13.